The van der Waals surface area contributed by atoms with Gasteiger partial charge in [0.25, 0.3) is 0 Å². The second kappa shape index (κ2) is 12.0. The summed E-state index contributed by atoms with van der Waals surface area (Å²) in [6, 6.07) is 17.5. The van der Waals surface area contributed by atoms with Gasteiger partial charge in [0, 0.05) is 51.6 Å². The first-order valence-corrected chi connectivity index (χ1v) is 12.8. The first-order valence-electron chi connectivity index (χ1n) is 12.8. The Bertz CT molecular complexity index is 1080. The molecule has 2 heterocycles. The zero-order chi connectivity index (χ0) is 25.5. The molecule has 0 aliphatic carbocycles. The maximum absolute atomic E-state index is 13.5. The van der Waals surface area contributed by atoms with Crippen LogP contribution in [0.25, 0.3) is 0 Å². The van der Waals surface area contributed by atoms with E-state index < -0.39 is 0 Å². The number of nitriles is 1. The fraction of sp³-hybridized carbons (Fsp3) is 0.464. The monoisotopic (exact) mass is 489 g/mol. The number of hydrogen-bond acceptors (Lipinski definition) is 6. The quantitative estimate of drug-likeness (QED) is 0.612. The Labute approximate surface area is 213 Å². The summed E-state index contributed by atoms with van der Waals surface area (Å²) in [4.78, 5) is 32.2. The van der Waals surface area contributed by atoms with E-state index in [9.17, 15) is 14.9 Å². The SMILES string of the molecule is CCN(CC)C(=O)C(c1ccccc1)N1CCN(c2ccc(NC(=O)[C@H]3CCOC3)cc2C#N)CC1. The van der Waals surface area contributed by atoms with Gasteiger partial charge in [-0.3, -0.25) is 14.5 Å². The van der Waals surface area contributed by atoms with Crippen LogP contribution in [0.15, 0.2) is 48.5 Å². The Balaban J connectivity index is 1.46. The van der Waals surface area contributed by atoms with E-state index in [1.807, 2.05) is 61.2 Å². The van der Waals surface area contributed by atoms with Crippen LogP contribution in [0.4, 0.5) is 11.4 Å². The minimum Gasteiger partial charge on any atom is -0.381 e. The van der Waals surface area contributed by atoms with Crippen molar-refractivity contribution in [3.63, 3.8) is 0 Å². The molecule has 0 radical (unpaired) electrons. The summed E-state index contributed by atoms with van der Waals surface area (Å²) >= 11 is 0. The van der Waals surface area contributed by atoms with E-state index in [1.54, 1.807) is 6.07 Å². The fourth-order valence-corrected chi connectivity index (χ4v) is 5.04. The second-order valence-corrected chi connectivity index (χ2v) is 9.24. The largest absolute Gasteiger partial charge is 0.381 e. The molecular formula is C28H35N5O3. The van der Waals surface area contributed by atoms with Crippen LogP contribution in [0, 0.1) is 17.2 Å². The lowest BCUT2D eigenvalue weighted by Gasteiger charge is -2.41. The van der Waals surface area contributed by atoms with Crippen molar-refractivity contribution in [1.82, 2.24) is 9.80 Å². The Morgan fingerprint density at radius 3 is 2.44 bits per heavy atom. The molecule has 2 amide bonds. The van der Waals surface area contributed by atoms with E-state index in [2.05, 4.69) is 21.2 Å². The number of ether oxygens (including phenoxy) is 1. The molecule has 2 saturated heterocycles. The second-order valence-electron chi connectivity index (χ2n) is 9.24. The van der Waals surface area contributed by atoms with E-state index in [-0.39, 0.29) is 23.8 Å². The normalized spacial score (nSPS) is 18.9. The van der Waals surface area contributed by atoms with Gasteiger partial charge in [-0.15, -0.1) is 0 Å². The van der Waals surface area contributed by atoms with Crippen LogP contribution < -0.4 is 10.2 Å². The number of piperazine rings is 1. The van der Waals surface area contributed by atoms with E-state index in [0.717, 1.165) is 17.7 Å². The van der Waals surface area contributed by atoms with E-state index in [0.29, 0.717) is 63.7 Å². The highest BCUT2D eigenvalue weighted by atomic mass is 16.5. The highest BCUT2D eigenvalue weighted by molar-refractivity contribution is 5.93. The molecule has 2 aromatic carbocycles. The molecule has 1 N–H and O–H groups in total. The Morgan fingerprint density at radius 2 is 1.83 bits per heavy atom. The molecule has 8 nitrogen and oxygen atoms in total. The van der Waals surface area contributed by atoms with Crippen LogP contribution in [0.2, 0.25) is 0 Å². The molecule has 0 saturated carbocycles. The van der Waals surface area contributed by atoms with Crippen LogP contribution >= 0.6 is 0 Å². The topological polar surface area (TPSA) is 88.9 Å². The van der Waals surface area contributed by atoms with Gasteiger partial charge in [0.1, 0.15) is 12.1 Å². The summed E-state index contributed by atoms with van der Waals surface area (Å²) in [6.07, 6.45) is 0.722. The number of carbonyl (C=O) groups excluding carboxylic acids is 2. The van der Waals surface area contributed by atoms with Gasteiger partial charge >= 0.3 is 0 Å². The highest BCUT2D eigenvalue weighted by Crippen LogP contribution is 2.29. The molecule has 4 rings (SSSR count). The molecule has 190 valence electrons. The van der Waals surface area contributed by atoms with Crippen molar-refractivity contribution in [2.45, 2.75) is 26.3 Å². The lowest BCUT2D eigenvalue weighted by Crippen LogP contribution is -2.51. The standard InChI is InChI=1S/C28H35N5O3/c1-3-31(4-2)28(35)26(21-8-6-5-7-9-21)33-15-13-32(14-16-33)25-11-10-24(18-23(25)19-29)30-27(34)22-12-17-36-20-22/h5-11,18,22,26H,3-4,12-17,20H2,1-2H3,(H,30,34)/t22-,26?/m0/s1. The third-order valence-corrected chi connectivity index (χ3v) is 7.13. The lowest BCUT2D eigenvalue weighted by atomic mass is 10.0. The predicted octanol–water partition coefficient (Wildman–Crippen LogP) is 3.26. The zero-order valence-electron chi connectivity index (χ0n) is 21.2. The number of anilines is 2. The number of nitrogens with zero attached hydrogens (tertiary/aromatic N) is 4. The smallest absolute Gasteiger partial charge is 0.244 e. The van der Waals surface area contributed by atoms with E-state index in [4.69, 9.17) is 4.74 Å². The van der Waals surface area contributed by atoms with Crippen molar-refractivity contribution in [2.75, 3.05) is 62.7 Å². The maximum Gasteiger partial charge on any atom is 0.244 e. The van der Waals surface area contributed by atoms with Gasteiger partial charge in [0.15, 0.2) is 0 Å². The first kappa shape index (κ1) is 25.7. The molecule has 36 heavy (non-hydrogen) atoms. The van der Waals surface area contributed by atoms with E-state index in [1.165, 1.54) is 0 Å². The van der Waals surface area contributed by atoms with Gasteiger partial charge in [-0.2, -0.15) is 5.26 Å². The van der Waals surface area contributed by atoms with Gasteiger partial charge < -0.3 is 19.9 Å². The number of nitrogens with one attached hydrogen (secondary N) is 1. The van der Waals surface area contributed by atoms with Crippen LogP contribution in [0.1, 0.15) is 37.4 Å². The highest BCUT2D eigenvalue weighted by Gasteiger charge is 2.33. The van der Waals surface area contributed by atoms with Gasteiger partial charge in [-0.1, -0.05) is 30.3 Å². The summed E-state index contributed by atoms with van der Waals surface area (Å²) in [5.74, 6) is -0.0763. The van der Waals surface area contributed by atoms with Crippen molar-refractivity contribution >= 4 is 23.2 Å². The van der Waals surface area contributed by atoms with Crippen molar-refractivity contribution < 1.29 is 14.3 Å². The molecular weight excluding hydrogens is 454 g/mol. The molecule has 2 atom stereocenters. The third kappa shape index (κ3) is 5.69. The molecule has 8 heteroatoms. The molecule has 0 aromatic heterocycles. The van der Waals surface area contributed by atoms with Crippen molar-refractivity contribution in [3.05, 3.63) is 59.7 Å². The van der Waals surface area contributed by atoms with Crippen molar-refractivity contribution in [1.29, 1.82) is 5.26 Å². The minimum atomic E-state index is -0.319. The van der Waals surface area contributed by atoms with Gasteiger partial charge in [0.2, 0.25) is 11.8 Å². The first-order chi connectivity index (χ1) is 17.5. The summed E-state index contributed by atoms with van der Waals surface area (Å²) in [5, 5.41) is 12.8. The zero-order valence-corrected chi connectivity index (χ0v) is 21.2. The molecule has 0 spiro atoms. The number of rotatable bonds is 8. The Kier molecular flexibility index (Phi) is 8.57. The average Bonchev–Trinajstić information content (AvgIpc) is 3.46. The molecule has 2 fully saturated rings. The van der Waals surface area contributed by atoms with Gasteiger partial charge in [-0.25, -0.2) is 0 Å². The van der Waals surface area contributed by atoms with Crippen LogP contribution in [0.3, 0.4) is 0 Å². The van der Waals surface area contributed by atoms with Gasteiger partial charge in [0.05, 0.1) is 23.8 Å². The van der Waals surface area contributed by atoms with Crippen molar-refractivity contribution in [3.8, 4) is 6.07 Å². The number of benzene rings is 2. The summed E-state index contributed by atoms with van der Waals surface area (Å²) in [5.41, 5.74) is 3.02. The summed E-state index contributed by atoms with van der Waals surface area (Å²) in [7, 11) is 0. The van der Waals surface area contributed by atoms with Gasteiger partial charge in [-0.05, 0) is 44.0 Å². The Morgan fingerprint density at radius 1 is 1.11 bits per heavy atom. The minimum absolute atomic E-state index is 0.0671. The number of hydrogen-bond donors (Lipinski definition) is 1. The average molecular weight is 490 g/mol. The molecule has 0 bridgehead atoms. The molecule has 2 aliphatic heterocycles. The number of amides is 2. The lowest BCUT2D eigenvalue weighted by molar-refractivity contribution is -0.137. The summed E-state index contributed by atoms with van der Waals surface area (Å²) < 4.78 is 5.31. The van der Waals surface area contributed by atoms with Crippen LogP contribution in [-0.2, 0) is 14.3 Å². The van der Waals surface area contributed by atoms with Crippen molar-refractivity contribution in [2.24, 2.45) is 5.92 Å². The summed E-state index contributed by atoms with van der Waals surface area (Å²) in [6.45, 7) is 9.26. The maximum atomic E-state index is 13.5. The predicted molar refractivity (Wildman–Crippen MR) is 140 cm³/mol. The molecule has 1 unspecified atom stereocenters. The number of carbonyl (C=O) groups is 2. The number of likely N-dealkylation sites (N-methyl/N-ethyl adjacent to an activating group) is 1. The fourth-order valence-electron chi connectivity index (χ4n) is 5.04. The molecule has 2 aromatic rings. The van der Waals surface area contributed by atoms with Crippen LogP contribution in [0.5, 0.6) is 0 Å². The third-order valence-electron chi connectivity index (χ3n) is 7.13. The Hall–Kier alpha value is -3.41. The molecule has 2 aliphatic rings. The van der Waals surface area contributed by atoms with Crippen LogP contribution in [-0.4, -0.2) is 74.1 Å². The van der Waals surface area contributed by atoms with E-state index >= 15 is 0 Å².